The minimum absolute atomic E-state index is 0.0342. The van der Waals surface area contributed by atoms with Crippen molar-refractivity contribution in [1.82, 2.24) is 10.2 Å². The van der Waals surface area contributed by atoms with E-state index in [1.807, 2.05) is 0 Å². The van der Waals surface area contributed by atoms with E-state index in [2.05, 4.69) is 11.9 Å². The maximum absolute atomic E-state index is 12.3. The fourth-order valence-electron chi connectivity index (χ4n) is 3.22. The molecule has 2 aliphatic heterocycles. The monoisotopic (exact) mass is 387 g/mol. The zero-order valence-electron chi connectivity index (χ0n) is 15.8. The van der Waals surface area contributed by atoms with E-state index in [9.17, 15) is 14.4 Å². The number of hydrogen-bond donors (Lipinski definition) is 1. The zero-order valence-corrected chi connectivity index (χ0v) is 15.8. The summed E-state index contributed by atoms with van der Waals surface area (Å²) in [6, 6.07) is 6.97. The Kier molecular flexibility index (Phi) is 6.65. The molecule has 1 N–H and O–H groups in total. The van der Waals surface area contributed by atoms with E-state index in [0.717, 1.165) is 0 Å². The highest BCUT2D eigenvalue weighted by molar-refractivity contribution is 6.00. The van der Waals surface area contributed by atoms with Crippen LogP contribution in [0.1, 0.15) is 6.42 Å². The molecule has 2 fully saturated rings. The van der Waals surface area contributed by atoms with Gasteiger partial charge in [-0.2, -0.15) is 0 Å². The van der Waals surface area contributed by atoms with E-state index in [1.54, 1.807) is 40.1 Å². The third kappa shape index (κ3) is 4.89. The van der Waals surface area contributed by atoms with E-state index < -0.39 is 0 Å². The Labute approximate surface area is 164 Å². The molecule has 8 nitrogen and oxygen atoms in total. The molecule has 8 heteroatoms. The van der Waals surface area contributed by atoms with Crippen molar-refractivity contribution >= 4 is 23.4 Å². The van der Waals surface area contributed by atoms with E-state index >= 15 is 0 Å². The third-order valence-corrected chi connectivity index (χ3v) is 4.79. The topological polar surface area (TPSA) is 88.2 Å². The molecule has 2 saturated heterocycles. The van der Waals surface area contributed by atoms with Gasteiger partial charge in [-0.1, -0.05) is 6.08 Å². The van der Waals surface area contributed by atoms with Gasteiger partial charge in [0.2, 0.25) is 11.8 Å². The van der Waals surface area contributed by atoms with Gasteiger partial charge < -0.3 is 24.6 Å². The van der Waals surface area contributed by atoms with Crippen LogP contribution in [0.3, 0.4) is 0 Å². The molecule has 0 aromatic heterocycles. The molecule has 28 heavy (non-hydrogen) atoms. The Bertz CT molecular complexity index is 728. The second kappa shape index (κ2) is 9.36. The molecule has 0 radical (unpaired) electrons. The standard InChI is InChI=1S/C20H25N3O5/c1-2-7-21-20(26)15-12-18(24)23(13-15)16-3-5-17(6-4-16)28-14-19(25)22-8-10-27-11-9-22/h2-6,15H,1,7-14H2,(H,21,26)/t15-/m0/s1. The van der Waals surface area contributed by atoms with Crippen LogP contribution in [0.25, 0.3) is 0 Å². The lowest BCUT2D eigenvalue weighted by Crippen LogP contribution is -2.42. The highest BCUT2D eigenvalue weighted by Gasteiger charge is 2.34. The Hall–Kier alpha value is -2.87. The number of nitrogens with one attached hydrogen (secondary N) is 1. The molecular weight excluding hydrogens is 362 g/mol. The molecule has 0 aliphatic carbocycles. The summed E-state index contributed by atoms with van der Waals surface area (Å²) < 4.78 is 10.8. The first-order valence-corrected chi connectivity index (χ1v) is 9.36. The average molecular weight is 387 g/mol. The largest absolute Gasteiger partial charge is 0.484 e. The van der Waals surface area contributed by atoms with Gasteiger partial charge in [0.15, 0.2) is 6.61 Å². The summed E-state index contributed by atoms with van der Waals surface area (Å²) in [5.74, 6) is -0.116. The third-order valence-electron chi connectivity index (χ3n) is 4.79. The Morgan fingerprint density at radius 1 is 1.25 bits per heavy atom. The van der Waals surface area contributed by atoms with Crippen LogP contribution in [0.15, 0.2) is 36.9 Å². The van der Waals surface area contributed by atoms with Crippen molar-refractivity contribution in [3.05, 3.63) is 36.9 Å². The second-order valence-electron chi connectivity index (χ2n) is 6.71. The molecule has 0 unspecified atom stereocenters. The minimum atomic E-state index is -0.366. The lowest BCUT2D eigenvalue weighted by atomic mass is 10.1. The molecule has 2 aliphatic rings. The molecule has 0 bridgehead atoms. The first-order chi connectivity index (χ1) is 13.6. The first-order valence-electron chi connectivity index (χ1n) is 9.36. The number of rotatable bonds is 7. The maximum atomic E-state index is 12.3. The normalized spacial score (nSPS) is 19.4. The van der Waals surface area contributed by atoms with Crippen LogP contribution in [-0.4, -0.2) is 68.6 Å². The number of hydrogen-bond acceptors (Lipinski definition) is 5. The summed E-state index contributed by atoms with van der Waals surface area (Å²) in [5, 5.41) is 2.73. The lowest BCUT2D eigenvalue weighted by Gasteiger charge is -2.26. The van der Waals surface area contributed by atoms with Gasteiger partial charge in [0.25, 0.3) is 5.91 Å². The predicted molar refractivity (Wildman–Crippen MR) is 103 cm³/mol. The van der Waals surface area contributed by atoms with E-state index in [-0.39, 0.29) is 36.7 Å². The summed E-state index contributed by atoms with van der Waals surface area (Å²) in [6.45, 7) is 6.53. The highest BCUT2D eigenvalue weighted by Crippen LogP contribution is 2.27. The van der Waals surface area contributed by atoms with E-state index in [0.29, 0.717) is 50.8 Å². The average Bonchev–Trinajstić information content (AvgIpc) is 3.13. The molecule has 1 atom stereocenters. The van der Waals surface area contributed by atoms with Crippen LogP contribution in [0, 0.1) is 5.92 Å². The molecule has 1 aromatic rings. The number of anilines is 1. The van der Waals surface area contributed by atoms with Crippen LogP contribution in [-0.2, 0) is 19.1 Å². The van der Waals surface area contributed by atoms with Gasteiger partial charge in [-0.25, -0.2) is 0 Å². The van der Waals surface area contributed by atoms with Gasteiger partial charge in [-0.3, -0.25) is 14.4 Å². The van der Waals surface area contributed by atoms with Crippen molar-refractivity contribution in [2.75, 3.05) is 50.9 Å². The molecular formula is C20H25N3O5. The molecule has 3 amide bonds. The van der Waals surface area contributed by atoms with Crippen molar-refractivity contribution < 1.29 is 23.9 Å². The van der Waals surface area contributed by atoms with Crippen molar-refractivity contribution in [2.45, 2.75) is 6.42 Å². The summed E-state index contributed by atoms with van der Waals surface area (Å²) in [6.07, 6.45) is 1.80. The van der Waals surface area contributed by atoms with Crippen LogP contribution >= 0.6 is 0 Å². The van der Waals surface area contributed by atoms with Crippen molar-refractivity contribution in [3.63, 3.8) is 0 Å². The number of carbonyl (C=O) groups excluding carboxylic acids is 3. The zero-order chi connectivity index (χ0) is 19.9. The van der Waals surface area contributed by atoms with Crippen molar-refractivity contribution in [1.29, 1.82) is 0 Å². The summed E-state index contributed by atoms with van der Waals surface area (Å²) in [7, 11) is 0. The van der Waals surface area contributed by atoms with Crippen LogP contribution in [0.5, 0.6) is 5.75 Å². The number of benzene rings is 1. The second-order valence-corrected chi connectivity index (χ2v) is 6.71. The van der Waals surface area contributed by atoms with Crippen LogP contribution < -0.4 is 15.0 Å². The molecule has 1 aromatic carbocycles. The van der Waals surface area contributed by atoms with Crippen molar-refractivity contribution in [3.8, 4) is 5.75 Å². The Morgan fingerprint density at radius 3 is 2.64 bits per heavy atom. The smallest absolute Gasteiger partial charge is 0.260 e. The van der Waals surface area contributed by atoms with E-state index in [4.69, 9.17) is 9.47 Å². The Morgan fingerprint density at radius 2 is 1.96 bits per heavy atom. The fraction of sp³-hybridized carbons (Fsp3) is 0.450. The molecule has 2 heterocycles. The fourth-order valence-corrected chi connectivity index (χ4v) is 3.22. The molecule has 0 spiro atoms. The number of carbonyl (C=O) groups is 3. The van der Waals surface area contributed by atoms with Gasteiger partial charge in [-0.15, -0.1) is 6.58 Å². The van der Waals surface area contributed by atoms with Gasteiger partial charge in [0.1, 0.15) is 5.75 Å². The maximum Gasteiger partial charge on any atom is 0.260 e. The number of nitrogens with zero attached hydrogens (tertiary/aromatic N) is 2. The lowest BCUT2D eigenvalue weighted by molar-refractivity contribution is -0.137. The molecule has 0 saturated carbocycles. The summed E-state index contributed by atoms with van der Waals surface area (Å²) in [4.78, 5) is 39.8. The van der Waals surface area contributed by atoms with Crippen LogP contribution in [0.2, 0.25) is 0 Å². The van der Waals surface area contributed by atoms with E-state index in [1.165, 1.54) is 0 Å². The number of ether oxygens (including phenoxy) is 2. The molecule has 3 rings (SSSR count). The minimum Gasteiger partial charge on any atom is -0.484 e. The Balaban J connectivity index is 1.52. The molecule has 150 valence electrons. The highest BCUT2D eigenvalue weighted by atomic mass is 16.5. The van der Waals surface area contributed by atoms with Crippen LogP contribution in [0.4, 0.5) is 5.69 Å². The SMILES string of the molecule is C=CCNC(=O)[C@H]1CC(=O)N(c2ccc(OCC(=O)N3CCOCC3)cc2)C1. The number of amides is 3. The summed E-state index contributed by atoms with van der Waals surface area (Å²) in [5.41, 5.74) is 0.705. The quantitative estimate of drug-likeness (QED) is 0.692. The van der Waals surface area contributed by atoms with Crippen molar-refractivity contribution in [2.24, 2.45) is 5.92 Å². The van der Waals surface area contributed by atoms with Gasteiger partial charge in [0.05, 0.1) is 19.1 Å². The summed E-state index contributed by atoms with van der Waals surface area (Å²) >= 11 is 0. The predicted octanol–water partition coefficient (Wildman–Crippen LogP) is 0.579. The van der Waals surface area contributed by atoms with Gasteiger partial charge in [-0.05, 0) is 24.3 Å². The number of morpholine rings is 1. The van der Waals surface area contributed by atoms with Gasteiger partial charge in [0, 0.05) is 38.3 Å². The van der Waals surface area contributed by atoms with Gasteiger partial charge >= 0.3 is 0 Å². The first kappa shape index (κ1) is 19.9.